The van der Waals surface area contributed by atoms with Crippen molar-refractivity contribution in [3.63, 3.8) is 0 Å². The van der Waals surface area contributed by atoms with E-state index >= 15 is 0 Å². The summed E-state index contributed by atoms with van der Waals surface area (Å²) < 4.78 is 4.51. The van der Waals surface area contributed by atoms with E-state index in [2.05, 4.69) is 41.1 Å². The average Bonchev–Trinajstić information content (AvgIpc) is 2.99. The standard InChI is InChI=1S/C16H19N3O3S/c1-16(2,3)14-17-9-12(23-14)13(20)18-10-5-7-11(8-6-10)19-15(21)22-4/h5-9H,1-4H3,(H,18,20)(H,19,21). The summed E-state index contributed by atoms with van der Waals surface area (Å²) in [4.78, 5) is 28.2. The SMILES string of the molecule is COC(=O)Nc1ccc(NC(=O)c2cnc(C(C)(C)C)s2)cc1. The molecule has 23 heavy (non-hydrogen) atoms. The lowest BCUT2D eigenvalue weighted by atomic mass is 9.98. The van der Waals surface area contributed by atoms with Crippen LogP contribution < -0.4 is 10.6 Å². The number of amides is 2. The average molecular weight is 333 g/mol. The summed E-state index contributed by atoms with van der Waals surface area (Å²) in [6.45, 7) is 6.17. The highest BCUT2D eigenvalue weighted by molar-refractivity contribution is 7.13. The molecule has 6 nitrogen and oxygen atoms in total. The fourth-order valence-electron chi connectivity index (χ4n) is 1.72. The first-order chi connectivity index (χ1) is 10.8. The zero-order chi connectivity index (χ0) is 17.0. The lowest BCUT2D eigenvalue weighted by Gasteiger charge is -2.13. The molecule has 0 spiro atoms. The molecule has 2 N–H and O–H groups in total. The predicted molar refractivity (Wildman–Crippen MR) is 91.2 cm³/mol. The topological polar surface area (TPSA) is 80.3 Å². The van der Waals surface area contributed by atoms with E-state index in [0.29, 0.717) is 16.3 Å². The van der Waals surface area contributed by atoms with Crippen molar-refractivity contribution in [3.8, 4) is 0 Å². The number of methoxy groups -OCH3 is 1. The van der Waals surface area contributed by atoms with Gasteiger partial charge in [-0.1, -0.05) is 20.8 Å². The Balaban J connectivity index is 2.03. The van der Waals surface area contributed by atoms with Crippen LogP contribution in [-0.2, 0) is 10.2 Å². The third-order valence-electron chi connectivity index (χ3n) is 2.95. The van der Waals surface area contributed by atoms with Gasteiger partial charge in [0.05, 0.1) is 18.3 Å². The van der Waals surface area contributed by atoms with Gasteiger partial charge in [-0.15, -0.1) is 11.3 Å². The third-order valence-corrected chi connectivity index (χ3v) is 4.37. The highest BCUT2D eigenvalue weighted by Gasteiger charge is 2.20. The molecule has 0 fully saturated rings. The lowest BCUT2D eigenvalue weighted by molar-refractivity contribution is 0.103. The smallest absolute Gasteiger partial charge is 0.411 e. The molecule has 0 aliphatic carbocycles. The van der Waals surface area contributed by atoms with Crippen LogP contribution in [0.5, 0.6) is 0 Å². The van der Waals surface area contributed by atoms with Crippen LogP contribution in [0.4, 0.5) is 16.2 Å². The molecule has 2 amide bonds. The number of hydrogen-bond donors (Lipinski definition) is 2. The van der Waals surface area contributed by atoms with Crippen LogP contribution >= 0.6 is 11.3 Å². The molecule has 0 aliphatic rings. The maximum atomic E-state index is 12.2. The van der Waals surface area contributed by atoms with Gasteiger partial charge in [0.25, 0.3) is 5.91 Å². The monoisotopic (exact) mass is 333 g/mol. The molecule has 0 unspecified atom stereocenters. The van der Waals surface area contributed by atoms with Crippen molar-refractivity contribution < 1.29 is 14.3 Å². The molecule has 1 aromatic heterocycles. The van der Waals surface area contributed by atoms with E-state index in [1.807, 2.05) is 0 Å². The van der Waals surface area contributed by atoms with Crippen LogP contribution in [0.1, 0.15) is 35.5 Å². The Morgan fingerprint density at radius 3 is 2.13 bits per heavy atom. The van der Waals surface area contributed by atoms with Gasteiger partial charge >= 0.3 is 6.09 Å². The molecule has 1 heterocycles. The summed E-state index contributed by atoms with van der Waals surface area (Å²) >= 11 is 1.39. The lowest BCUT2D eigenvalue weighted by Crippen LogP contribution is -2.12. The van der Waals surface area contributed by atoms with Crippen molar-refractivity contribution in [1.82, 2.24) is 4.98 Å². The first kappa shape index (κ1) is 17.0. The zero-order valence-electron chi connectivity index (χ0n) is 13.5. The maximum Gasteiger partial charge on any atom is 0.411 e. The van der Waals surface area contributed by atoms with Crippen LogP contribution in [0.15, 0.2) is 30.5 Å². The van der Waals surface area contributed by atoms with Crippen LogP contribution in [0.2, 0.25) is 0 Å². The number of anilines is 2. The van der Waals surface area contributed by atoms with Gasteiger partial charge in [0, 0.05) is 16.8 Å². The van der Waals surface area contributed by atoms with Gasteiger partial charge in [-0.3, -0.25) is 10.1 Å². The minimum absolute atomic E-state index is 0.0790. The number of nitrogens with zero attached hydrogens (tertiary/aromatic N) is 1. The Bertz CT molecular complexity index is 702. The second-order valence-electron chi connectivity index (χ2n) is 5.93. The van der Waals surface area contributed by atoms with Crippen LogP contribution in [-0.4, -0.2) is 24.1 Å². The van der Waals surface area contributed by atoms with E-state index in [9.17, 15) is 9.59 Å². The number of hydrogen-bond acceptors (Lipinski definition) is 5. The van der Waals surface area contributed by atoms with Crippen LogP contribution in [0, 0.1) is 0 Å². The number of rotatable bonds is 3. The van der Waals surface area contributed by atoms with E-state index in [0.717, 1.165) is 5.01 Å². The fraction of sp³-hybridized carbons (Fsp3) is 0.312. The highest BCUT2D eigenvalue weighted by atomic mass is 32.1. The minimum atomic E-state index is -0.541. The fourth-order valence-corrected chi connectivity index (χ4v) is 2.59. The van der Waals surface area contributed by atoms with E-state index in [4.69, 9.17) is 0 Å². The van der Waals surface area contributed by atoms with E-state index in [-0.39, 0.29) is 11.3 Å². The molecule has 1 aromatic carbocycles. The maximum absolute atomic E-state index is 12.2. The van der Waals surface area contributed by atoms with Crippen molar-refractivity contribution in [2.45, 2.75) is 26.2 Å². The number of aromatic nitrogens is 1. The zero-order valence-corrected chi connectivity index (χ0v) is 14.3. The number of carbonyl (C=O) groups is 2. The van der Waals surface area contributed by atoms with Gasteiger partial charge < -0.3 is 10.1 Å². The number of carbonyl (C=O) groups excluding carboxylic acids is 2. The van der Waals surface area contributed by atoms with Gasteiger partial charge in [0.1, 0.15) is 4.88 Å². The number of ether oxygens (including phenoxy) is 1. The second kappa shape index (κ2) is 6.78. The van der Waals surface area contributed by atoms with Gasteiger partial charge in [0.15, 0.2) is 0 Å². The van der Waals surface area contributed by atoms with Crippen molar-refractivity contribution in [2.75, 3.05) is 17.7 Å². The van der Waals surface area contributed by atoms with Gasteiger partial charge in [-0.2, -0.15) is 0 Å². The van der Waals surface area contributed by atoms with Crippen LogP contribution in [0.3, 0.4) is 0 Å². The Kier molecular flexibility index (Phi) is 5.00. The summed E-state index contributed by atoms with van der Waals surface area (Å²) in [6.07, 6.45) is 1.05. The second-order valence-corrected chi connectivity index (χ2v) is 6.96. The largest absolute Gasteiger partial charge is 0.453 e. The molecule has 0 saturated heterocycles. The molecular weight excluding hydrogens is 314 g/mol. The Labute approximate surface area is 138 Å². The van der Waals surface area contributed by atoms with Crippen molar-refractivity contribution in [1.29, 1.82) is 0 Å². The molecule has 0 atom stereocenters. The Morgan fingerprint density at radius 1 is 1.09 bits per heavy atom. The molecule has 2 rings (SSSR count). The van der Waals surface area contributed by atoms with E-state index in [1.54, 1.807) is 30.5 Å². The molecule has 0 aliphatic heterocycles. The van der Waals surface area contributed by atoms with Gasteiger partial charge in [0.2, 0.25) is 0 Å². The number of benzene rings is 1. The number of thiazole rings is 1. The van der Waals surface area contributed by atoms with Gasteiger partial charge in [-0.25, -0.2) is 9.78 Å². The summed E-state index contributed by atoms with van der Waals surface area (Å²) in [7, 11) is 1.30. The number of nitrogens with one attached hydrogen (secondary N) is 2. The van der Waals surface area contributed by atoms with Crippen molar-refractivity contribution in [2.24, 2.45) is 0 Å². The van der Waals surface area contributed by atoms with Crippen molar-refractivity contribution >= 4 is 34.7 Å². The summed E-state index contributed by atoms with van der Waals surface area (Å²) in [5.74, 6) is -0.202. The highest BCUT2D eigenvalue weighted by Crippen LogP contribution is 2.27. The molecule has 0 saturated carbocycles. The first-order valence-corrected chi connectivity index (χ1v) is 7.84. The minimum Gasteiger partial charge on any atom is -0.453 e. The summed E-state index contributed by atoms with van der Waals surface area (Å²) in [6, 6.07) is 6.77. The molecule has 2 aromatic rings. The summed E-state index contributed by atoms with van der Waals surface area (Å²) in [5.41, 5.74) is 1.14. The molecule has 7 heteroatoms. The molecule has 0 radical (unpaired) electrons. The molecular formula is C16H19N3O3S. The molecule has 122 valence electrons. The molecule has 0 bridgehead atoms. The van der Waals surface area contributed by atoms with Gasteiger partial charge in [-0.05, 0) is 24.3 Å². The van der Waals surface area contributed by atoms with E-state index < -0.39 is 6.09 Å². The summed E-state index contributed by atoms with van der Waals surface area (Å²) in [5, 5.41) is 6.26. The predicted octanol–water partition coefficient (Wildman–Crippen LogP) is 3.87. The van der Waals surface area contributed by atoms with E-state index in [1.165, 1.54) is 18.4 Å². The van der Waals surface area contributed by atoms with Crippen molar-refractivity contribution in [3.05, 3.63) is 40.3 Å². The first-order valence-electron chi connectivity index (χ1n) is 7.02. The van der Waals surface area contributed by atoms with Crippen LogP contribution in [0.25, 0.3) is 0 Å². The quantitative estimate of drug-likeness (QED) is 0.893. The normalized spacial score (nSPS) is 11.0. The Morgan fingerprint density at radius 2 is 1.65 bits per heavy atom. The third kappa shape index (κ3) is 4.53. The Hall–Kier alpha value is -2.41.